The van der Waals surface area contributed by atoms with E-state index in [0.717, 1.165) is 39.4 Å². The lowest BCUT2D eigenvalue weighted by Crippen LogP contribution is -2.36. The Bertz CT molecular complexity index is 1790. The van der Waals surface area contributed by atoms with Crippen LogP contribution in [0.1, 0.15) is 23.6 Å². The van der Waals surface area contributed by atoms with Crippen LogP contribution in [-0.4, -0.2) is 35.1 Å². The van der Waals surface area contributed by atoms with Crippen molar-refractivity contribution in [3.8, 4) is 11.5 Å². The predicted molar refractivity (Wildman–Crippen MR) is 166 cm³/mol. The summed E-state index contributed by atoms with van der Waals surface area (Å²) in [6, 6.07) is 21.5. The van der Waals surface area contributed by atoms with Crippen molar-refractivity contribution in [2.75, 3.05) is 18.5 Å². The first kappa shape index (κ1) is 31.1. The molecule has 1 fully saturated rings. The van der Waals surface area contributed by atoms with E-state index in [-0.39, 0.29) is 17.2 Å². The van der Waals surface area contributed by atoms with Crippen molar-refractivity contribution >= 4 is 67.3 Å². The number of alkyl halides is 3. The van der Waals surface area contributed by atoms with Gasteiger partial charge in [-0.15, -0.1) is 0 Å². The second kappa shape index (κ2) is 13.1. The number of fused-ring (bicyclic) bond motifs is 1. The number of rotatable bonds is 9. The highest BCUT2D eigenvalue weighted by molar-refractivity contribution is 9.10. The molecule has 0 saturated carbocycles. The van der Waals surface area contributed by atoms with Crippen LogP contribution >= 0.6 is 27.7 Å². The second-order valence-corrected chi connectivity index (χ2v) is 11.5. The molecule has 1 heterocycles. The van der Waals surface area contributed by atoms with Crippen molar-refractivity contribution < 1.29 is 37.0 Å². The predicted octanol–water partition coefficient (Wildman–Crippen LogP) is 8.27. The molecule has 7 nitrogen and oxygen atoms in total. The molecule has 4 aromatic carbocycles. The molecule has 0 aromatic heterocycles. The number of hydrogen-bond donors (Lipinski definition) is 1. The van der Waals surface area contributed by atoms with E-state index in [4.69, 9.17) is 9.47 Å². The summed E-state index contributed by atoms with van der Waals surface area (Å²) >= 11 is 4.18. The van der Waals surface area contributed by atoms with E-state index in [9.17, 15) is 27.6 Å². The highest BCUT2D eigenvalue weighted by atomic mass is 79.9. The van der Waals surface area contributed by atoms with E-state index in [0.29, 0.717) is 39.9 Å². The van der Waals surface area contributed by atoms with Gasteiger partial charge in [0.25, 0.3) is 11.1 Å². The van der Waals surface area contributed by atoms with Crippen molar-refractivity contribution in [2.45, 2.75) is 19.7 Å². The number of thioether (sulfide) groups is 1. The van der Waals surface area contributed by atoms with Gasteiger partial charge in [0.1, 0.15) is 13.2 Å². The van der Waals surface area contributed by atoms with Gasteiger partial charge in [-0.2, -0.15) is 13.2 Å². The number of nitrogens with one attached hydrogen (secondary N) is 1. The maximum atomic E-state index is 13.0. The lowest BCUT2D eigenvalue weighted by molar-refractivity contribution is -0.137. The molecule has 0 unspecified atom stereocenters. The van der Waals surface area contributed by atoms with Gasteiger partial charge >= 0.3 is 6.18 Å². The Morgan fingerprint density at radius 2 is 1.75 bits per heavy atom. The topological polar surface area (TPSA) is 84.9 Å². The number of anilines is 1. The Labute approximate surface area is 263 Å². The lowest BCUT2D eigenvalue weighted by atomic mass is 10.1. The molecule has 1 saturated heterocycles. The van der Waals surface area contributed by atoms with Crippen LogP contribution in [0.25, 0.3) is 16.8 Å². The van der Waals surface area contributed by atoms with Crippen LogP contribution in [0.15, 0.2) is 88.2 Å². The highest BCUT2D eigenvalue weighted by Gasteiger charge is 2.36. The molecule has 0 bridgehead atoms. The minimum atomic E-state index is -4.59. The van der Waals surface area contributed by atoms with Gasteiger partial charge in [-0.3, -0.25) is 19.3 Å². The van der Waals surface area contributed by atoms with Crippen LogP contribution in [-0.2, 0) is 22.4 Å². The number of amides is 3. The van der Waals surface area contributed by atoms with Gasteiger partial charge in [-0.25, -0.2) is 0 Å². The fraction of sp³-hybridized carbons (Fsp3) is 0.156. The fourth-order valence-electron chi connectivity index (χ4n) is 4.46. The highest BCUT2D eigenvalue weighted by Crippen LogP contribution is 2.40. The third kappa shape index (κ3) is 7.25. The fourth-order valence-corrected chi connectivity index (χ4v) is 5.88. The standard InChI is InChI=1S/C32H24BrF3N2O5S/c1-2-42-26-14-20(13-25(33)29(26)43-18-19-10-11-21-6-3-4-7-22(21)12-19)15-27-30(40)38(31(41)44-27)17-28(39)37-24-9-5-8-23(16-24)32(34,35)36/h3-16H,2,17-18H2,1H3,(H,37,39)/b27-15-. The number of nitrogens with zero attached hydrogens (tertiary/aromatic N) is 1. The van der Waals surface area contributed by atoms with E-state index in [1.807, 2.05) is 49.4 Å². The summed E-state index contributed by atoms with van der Waals surface area (Å²) in [5, 5.41) is 3.84. The smallest absolute Gasteiger partial charge is 0.416 e. The molecule has 5 rings (SSSR count). The summed E-state index contributed by atoms with van der Waals surface area (Å²) in [5.74, 6) is -0.628. The molecule has 1 N–H and O–H groups in total. The van der Waals surface area contributed by atoms with Gasteiger partial charge in [0.15, 0.2) is 11.5 Å². The molecule has 3 amide bonds. The van der Waals surface area contributed by atoms with Crippen molar-refractivity contribution in [3.63, 3.8) is 0 Å². The zero-order chi connectivity index (χ0) is 31.4. The Kier molecular flexibility index (Phi) is 9.31. The molecular weight excluding hydrogens is 661 g/mol. The van der Waals surface area contributed by atoms with Gasteiger partial charge in [-0.05, 0) is 99.0 Å². The summed E-state index contributed by atoms with van der Waals surface area (Å²) in [4.78, 5) is 38.9. The Morgan fingerprint density at radius 3 is 2.50 bits per heavy atom. The van der Waals surface area contributed by atoms with E-state index < -0.39 is 35.3 Å². The normalized spacial score (nSPS) is 14.4. The molecule has 226 valence electrons. The summed E-state index contributed by atoms with van der Waals surface area (Å²) in [6.45, 7) is 1.79. The van der Waals surface area contributed by atoms with E-state index >= 15 is 0 Å². The first-order valence-electron chi connectivity index (χ1n) is 13.3. The summed E-state index contributed by atoms with van der Waals surface area (Å²) < 4.78 is 51.5. The number of ether oxygens (including phenoxy) is 2. The van der Waals surface area contributed by atoms with E-state index in [1.165, 1.54) is 12.1 Å². The summed E-state index contributed by atoms with van der Waals surface area (Å²) in [7, 11) is 0. The van der Waals surface area contributed by atoms with Crippen molar-refractivity contribution in [1.29, 1.82) is 0 Å². The molecule has 1 aliphatic rings. The number of imide groups is 1. The average Bonchev–Trinajstić information content (AvgIpc) is 3.23. The van der Waals surface area contributed by atoms with Gasteiger partial charge in [0.2, 0.25) is 5.91 Å². The van der Waals surface area contributed by atoms with Crippen molar-refractivity contribution in [3.05, 3.63) is 105 Å². The van der Waals surface area contributed by atoms with Crippen molar-refractivity contribution in [1.82, 2.24) is 4.90 Å². The number of carbonyl (C=O) groups excluding carboxylic acids is 3. The molecule has 0 aliphatic carbocycles. The molecule has 44 heavy (non-hydrogen) atoms. The van der Waals surface area contributed by atoms with Crippen LogP contribution in [0.2, 0.25) is 0 Å². The maximum Gasteiger partial charge on any atom is 0.416 e. The van der Waals surface area contributed by atoms with Crippen molar-refractivity contribution in [2.24, 2.45) is 0 Å². The van der Waals surface area contributed by atoms with E-state index in [1.54, 1.807) is 12.1 Å². The molecule has 0 atom stereocenters. The summed E-state index contributed by atoms with van der Waals surface area (Å²) in [6.07, 6.45) is -3.09. The molecular formula is C32H24BrF3N2O5S. The van der Waals surface area contributed by atoms with Crippen LogP contribution in [0.5, 0.6) is 11.5 Å². The molecule has 1 aliphatic heterocycles. The first-order valence-corrected chi connectivity index (χ1v) is 14.9. The largest absolute Gasteiger partial charge is 0.490 e. The van der Waals surface area contributed by atoms with Gasteiger partial charge in [-0.1, -0.05) is 42.5 Å². The van der Waals surface area contributed by atoms with Crippen LogP contribution in [0.3, 0.4) is 0 Å². The number of halogens is 4. The minimum Gasteiger partial charge on any atom is -0.490 e. The number of carbonyl (C=O) groups is 3. The van der Waals surface area contributed by atoms with Crippen LogP contribution < -0.4 is 14.8 Å². The third-order valence-electron chi connectivity index (χ3n) is 6.48. The first-order chi connectivity index (χ1) is 21.0. The second-order valence-electron chi connectivity index (χ2n) is 9.63. The Morgan fingerprint density at radius 1 is 0.977 bits per heavy atom. The minimum absolute atomic E-state index is 0.0704. The lowest BCUT2D eigenvalue weighted by Gasteiger charge is -2.15. The maximum absolute atomic E-state index is 13.0. The zero-order valence-corrected chi connectivity index (χ0v) is 25.5. The monoisotopic (exact) mass is 684 g/mol. The average molecular weight is 686 g/mol. The van der Waals surface area contributed by atoms with Gasteiger partial charge in [0.05, 0.1) is 21.5 Å². The van der Waals surface area contributed by atoms with E-state index in [2.05, 4.69) is 21.2 Å². The van der Waals surface area contributed by atoms with Crippen LogP contribution in [0, 0.1) is 0 Å². The number of hydrogen-bond acceptors (Lipinski definition) is 6. The molecule has 0 spiro atoms. The zero-order valence-electron chi connectivity index (χ0n) is 23.1. The van der Waals surface area contributed by atoms with Gasteiger partial charge < -0.3 is 14.8 Å². The third-order valence-corrected chi connectivity index (χ3v) is 7.97. The van der Waals surface area contributed by atoms with Gasteiger partial charge in [0, 0.05) is 5.69 Å². The quantitative estimate of drug-likeness (QED) is 0.179. The Hall–Kier alpha value is -4.29. The number of benzene rings is 4. The SMILES string of the molecule is CCOc1cc(/C=C2\SC(=O)N(CC(=O)Nc3cccc(C(F)(F)F)c3)C2=O)cc(Br)c1OCc1ccc2ccccc2c1. The van der Waals surface area contributed by atoms with Crippen LogP contribution in [0.4, 0.5) is 23.7 Å². The molecule has 12 heteroatoms. The summed E-state index contributed by atoms with van der Waals surface area (Å²) in [5.41, 5.74) is 0.459. The molecule has 4 aromatic rings. The Balaban J connectivity index is 1.29. The molecule has 0 radical (unpaired) electrons.